The molecule has 1 aliphatic rings. The van der Waals surface area contributed by atoms with Crippen LogP contribution in [-0.2, 0) is 9.59 Å². The van der Waals surface area contributed by atoms with Gasteiger partial charge in [-0.05, 0) is 12.8 Å². The summed E-state index contributed by atoms with van der Waals surface area (Å²) in [6, 6.07) is 0. The zero-order valence-electron chi connectivity index (χ0n) is 9.14. The number of nitrogens with two attached hydrogens (primary N) is 1. The molecule has 15 heavy (non-hydrogen) atoms. The van der Waals surface area contributed by atoms with Gasteiger partial charge in [0.25, 0.3) is 0 Å². The Morgan fingerprint density at radius 1 is 1.33 bits per heavy atom. The van der Waals surface area contributed by atoms with Crippen molar-refractivity contribution < 1.29 is 9.59 Å². The highest BCUT2D eigenvalue weighted by Gasteiger charge is 2.39. The second-order valence-corrected chi connectivity index (χ2v) is 4.05. The largest absolute Gasteiger partial charge is 0.358 e. The number of carbonyl (C=O) groups excluding carboxylic acids is 2. The lowest BCUT2D eigenvalue weighted by atomic mass is 9.85. The van der Waals surface area contributed by atoms with Crippen molar-refractivity contribution in [3.05, 3.63) is 0 Å². The SMILES string of the molecule is CNC(=O)CNC(=O)C1(CN)CCCC1. The van der Waals surface area contributed by atoms with Gasteiger partial charge in [-0.15, -0.1) is 0 Å². The molecule has 0 heterocycles. The van der Waals surface area contributed by atoms with E-state index in [-0.39, 0.29) is 18.4 Å². The molecule has 4 N–H and O–H groups in total. The maximum Gasteiger partial charge on any atom is 0.239 e. The third-order valence-electron chi connectivity index (χ3n) is 3.12. The van der Waals surface area contributed by atoms with Crippen LogP contribution in [-0.4, -0.2) is 32.0 Å². The summed E-state index contributed by atoms with van der Waals surface area (Å²) in [5, 5.41) is 5.09. The van der Waals surface area contributed by atoms with E-state index in [9.17, 15) is 9.59 Å². The number of hydrogen-bond donors (Lipinski definition) is 3. The van der Waals surface area contributed by atoms with Gasteiger partial charge in [-0.3, -0.25) is 9.59 Å². The molecule has 0 atom stereocenters. The number of hydrogen-bond acceptors (Lipinski definition) is 3. The Hall–Kier alpha value is -1.10. The third-order valence-corrected chi connectivity index (χ3v) is 3.12. The highest BCUT2D eigenvalue weighted by Crippen LogP contribution is 2.37. The molecule has 5 heteroatoms. The van der Waals surface area contributed by atoms with Crippen molar-refractivity contribution >= 4 is 11.8 Å². The van der Waals surface area contributed by atoms with Crippen LogP contribution < -0.4 is 16.4 Å². The zero-order valence-corrected chi connectivity index (χ0v) is 9.14. The Balaban J connectivity index is 2.47. The normalized spacial score (nSPS) is 18.5. The first-order valence-electron chi connectivity index (χ1n) is 5.33. The van der Waals surface area contributed by atoms with Gasteiger partial charge in [0, 0.05) is 13.6 Å². The Morgan fingerprint density at radius 2 is 1.93 bits per heavy atom. The van der Waals surface area contributed by atoms with E-state index in [1.54, 1.807) is 7.05 Å². The van der Waals surface area contributed by atoms with Gasteiger partial charge in [-0.1, -0.05) is 12.8 Å². The van der Waals surface area contributed by atoms with Crippen LogP contribution in [0.2, 0.25) is 0 Å². The van der Waals surface area contributed by atoms with Crippen molar-refractivity contribution in [2.75, 3.05) is 20.1 Å². The van der Waals surface area contributed by atoms with Crippen molar-refractivity contribution in [1.29, 1.82) is 0 Å². The summed E-state index contributed by atoms with van der Waals surface area (Å²) in [6.45, 7) is 0.406. The van der Waals surface area contributed by atoms with E-state index in [0.29, 0.717) is 6.54 Å². The number of likely N-dealkylation sites (N-methyl/N-ethyl adjacent to an activating group) is 1. The molecule has 0 aromatic rings. The summed E-state index contributed by atoms with van der Waals surface area (Å²) in [5.74, 6) is -0.264. The first kappa shape index (κ1) is 12.0. The van der Waals surface area contributed by atoms with Crippen molar-refractivity contribution in [3.8, 4) is 0 Å². The van der Waals surface area contributed by atoms with Gasteiger partial charge in [-0.25, -0.2) is 0 Å². The average Bonchev–Trinajstić information content (AvgIpc) is 2.75. The molecule has 86 valence electrons. The summed E-state index contributed by atoms with van der Waals surface area (Å²) in [5.41, 5.74) is 5.22. The average molecular weight is 213 g/mol. The molecule has 1 rings (SSSR count). The van der Waals surface area contributed by atoms with Crippen LogP contribution in [0.25, 0.3) is 0 Å². The number of rotatable bonds is 4. The predicted molar refractivity (Wildman–Crippen MR) is 57.0 cm³/mol. The van der Waals surface area contributed by atoms with Crippen LogP contribution in [0.15, 0.2) is 0 Å². The van der Waals surface area contributed by atoms with E-state index in [1.165, 1.54) is 0 Å². The highest BCUT2D eigenvalue weighted by molar-refractivity contribution is 5.88. The minimum absolute atomic E-state index is 0.0388. The Morgan fingerprint density at radius 3 is 2.40 bits per heavy atom. The molecule has 0 radical (unpaired) electrons. The first-order chi connectivity index (χ1) is 7.14. The fourth-order valence-corrected chi connectivity index (χ4v) is 2.01. The molecule has 5 nitrogen and oxygen atoms in total. The van der Waals surface area contributed by atoms with Crippen LogP contribution in [0.1, 0.15) is 25.7 Å². The molecule has 0 aromatic heterocycles. The maximum atomic E-state index is 11.8. The zero-order chi connectivity index (χ0) is 11.3. The van der Waals surface area contributed by atoms with Crippen LogP contribution in [0.5, 0.6) is 0 Å². The summed E-state index contributed by atoms with van der Waals surface area (Å²) >= 11 is 0. The lowest BCUT2D eigenvalue weighted by Crippen LogP contribution is -2.46. The van der Waals surface area contributed by atoms with Crippen LogP contribution in [0.4, 0.5) is 0 Å². The van der Waals surface area contributed by atoms with Crippen molar-refractivity contribution in [2.45, 2.75) is 25.7 Å². The minimum Gasteiger partial charge on any atom is -0.358 e. The molecule has 0 aliphatic heterocycles. The second-order valence-electron chi connectivity index (χ2n) is 4.05. The lowest BCUT2D eigenvalue weighted by Gasteiger charge is -2.25. The van der Waals surface area contributed by atoms with E-state index < -0.39 is 5.41 Å². The molecular weight excluding hydrogens is 194 g/mol. The van der Waals surface area contributed by atoms with Crippen molar-refractivity contribution in [1.82, 2.24) is 10.6 Å². The van der Waals surface area contributed by atoms with Crippen molar-refractivity contribution in [2.24, 2.45) is 11.1 Å². The molecule has 0 bridgehead atoms. The predicted octanol–water partition coefficient (Wildman–Crippen LogP) is -0.632. The molecular formula is C10H19N3O2. The second kappa shape index (κ2) is 5.11. The molecule has 1 saturated carbocycles. The standard InChI is InChI=1S/C10H19N3O2/c1-12-8(14)6-13-9(15)10(7-11)4-2-3-5-10/h2-7,11H2,1H3,(H,12,14)(H,13,15). The molecule has 0 aromatic carbocycles. The summed E-state index contributed by atoms with van der Waals surface area (Å²) in [7, 11) is 1.54. The first-order valence-corrected chi connectivity index (χ1v) is 5.33. The number of nitrogens with one attached hydrogen (secondary N) is 2. The molecule has 2 amide bonds. The highest BCUT2D eigenvalue weighted by atomic mass is 16.2. The van der Waals surface area contributed by atoms with Crippen molar-refractivity contribution in [3.63, 3.8) is 0 Å². The summed E-state index contributed by atoms with van der Waals surface area (Å²) < 4.78 is 0. The summed E-state index contributed by atoms with van der Waals surface area (Å²) in [4.78, 5) is 22.8. The van der Waals surface area contributed by atoms with Crippen LogP contribution >= 0.6 is 0 Å². The fraction of sp³-hybridized carbons (Fsp3) is 0.800. The Kier molecular flexibility index (Phi) is 4.08. The van der Waals surface area contributed by atoms with Gasteiger partial charge in [-0.2, -0.15) is 0 Å². The molecule has 1 aliphatic carbocycles. The van der Waals surface area contributed by atoms with E-state index in [0.717, 1.165) is 25.7 Å². The fourth-order valence-electron chi connectivity index (χ4n) is 2.01. The van der Waals surface area contributed by atoms with Gasteiger partial charge in [0.2, 0.25) is 11.8 Å². The van der Waals surface area contributed by atoms with Crippen LogP contribution in [0, 0.1) is 5.41 Å². The monoisotopic (exact) mass is 213 g/mol. The van der Waals surface area contributed by atoms with Gasteiger partial charge < -0.3 is 16.4 Å². The minimum atomic E-state index is -0.423. The van der Waals surface area contributed by atoms with Gasteiger partial charge >= 0.3 is 0 Å². The quantitative estimate of drug-likeness (QED) is 0.581. The molecule has 0 spiro atoms. The van der Waals surface area contributed by atoms with Gasteiger partial charge in [0.1, 0.15) is 0 Å². The van der Waals surface area contributed by atoms with E-state index in [2.05, 4.69) is 10.6 Å². The number of amides is 2. The smallest absolute Gasteiger partial charge is 0.239 e. The topological polar surface area (TPSA) is 84.2 Å². The third kappa shape index (κ3) is 2.68. The lowest BCUT2D eigenvalue weighted by molar-refractivity contribution is -0.132. The van der Waals surface area contributed by atoms with E-state index >= 15 is 0 Å². The summed E-state index contributed by atoms with van der Waals surface area (Å²) in [6.07, 6.45) is 3.77. The van der Waals surface area contributed by atoms with Gasteiger partial charge in [0.15, 0.2) is 0 Å². The van der Waals surface area contributed by atoms with Gasteiger partial charge in [0.05, 0.1) is 12.0 Å². The molecule has 0 saturated heterocycles. The molecule has 0 unspecified atom stereocenters. The number of carbonyl (C=O) groups is 2. The Labute approximate surface area is 89.8 Å². The molecule has 1 fully saturated rings. The maximum absolute atomic E-state index is 11.8. The van der Waals surface area contributed by atoms with Crippen LogP contribution in [0.3, 0.4) is 0 Å². The Bertz CT molecular complexity index is 247. The van der Waals surface area contributed by atoms with E-state index in [1.807, 2.05) is 0 Å². The van der Waals surface area contributed by atoms with E-state index in [4.69, 9.17) is 5.73 Å².